The summed E-state index contributed by atoms with van der Waals surface area (Å²) in [5.74, 6) is -4.78. The standard InChI is InChI=1S/C51H96N4O18/c1-3-5-7-9-11-13-15-17-19-21-33-72-42(62)28-25-37(51(71)73-34-22-20-18-16-14-12-10-8-6-4-2)54-40(60)26-27-41(61)55(31-23-29-52-49(69)47(67)45(65)43(63)38(58)35-56)32-24-30-53-50(70)48(68)46(66)44(64)39(59)36-57/h37-39,43-48,56-59,63-68H,3-36H2,1-2H3,(H,52,69)(H,53,70)(H,54,60)/t37-,38-,39-,43-,44-,45+,46+,47-,48-/m1/s1. The highest BCUT2D eigenvalue weighted by atomic mass is 16.5. The monoisotopic (exact) mass is 1050 g/mol. The molecule has 22 heteroatoms. The van der Waals surface area contributed by atoms with Crippen molar-refractivity contribution < 1.29 is 89.3 Å². The van der Waals surface area contributed by atoms with Gasteiger partial charge in [0.2, 0.25) is 11.8 Å². The third kappa shape index (κ3) is 33.9. The largest absolute Gasteiger partial charge is 0.466 e. The third-order valence-electron chi connectivity index (χ3n) is 12.5. The van der Waals surface area contributed by atoms with Crippen molar-refractivity contribution in [2.75, 3.05) is 52.6 Å². The van der Waals surface area contributed by atoms with Gasteiger partial charge in [-0.05, 0) is 32.1 Å². The van der Waals surface area contributed by atoms with E-state index in [-0.39, 0.29) is 71.5 Å². The maximum Gasteiger partial charge on any atom is 0.328 e. The Kier molecular flexibility index (Phi) is 42.5. The zero-order chi connectivity index (χ0) is 54.8. The summed E-state index contributed by atoms with van der Waals surface area (Å²) in [4.78, 5) is 79.1. The van der Waals surface area contributed by atoms with E-state index in [1.54, 1.807) is 0 Å². The number of amides is 4. The number of ether oxygens (including phenoxy) is 2. The van der Waals surface area contributed by atoms with Gasteiger partial charge in [0, 0.05) is 45.4 Å². The second kappa shape index (κ2) is 44.7. The summed E-state index contributed by atoms with van der Waals surface area (Å²) in [5.41, 5.74) is 0. The molecule has 0 rings (SSSR count). The van der Waals surface area contributed by atoms with Crippen LogP contribution in [0.5, 0.6) is 0 Å². The molecule has 0 heterocycles. The third-order valence-corrected chi connectivity index (χ3v) is 12.5. The Hall–Kier alpha value is -3.58. The van der Waals surface area contributed by atoms with Crippen LogP contribution in [0.1, 0.15) is 181 Å². The number of hydrogen-bond acceptors (Lipinski definition) is 18. The lowest BCUT2D eigenvalue weighted by molar-refractivity contribution is -0.150. The van der Waals surface area contributed by atoms with Crippen molar-refractivity contribution in [3.05, 3.63) is 0 Å². The predicted molar refractivity (Wildman–Crippen MR) is 270 cm³/mol. The number of unbranched alkanes of at least 4 members (excludes halogenated alkanes) is 18. The van der Waals surface area contributed by atoms with Crippen LogP contribution in [0.25, 0.3) is 0 Å². The molecule has 0 aromatic carbocycles. The number of nitrogens with zero attached hydrogens (tertiary/aromatic N) is 1. The molecule has 22 nitrogen and oxygen atoms in total. The summed E-state index contributed by atoms with van der Waals surface area (Å²) >= 11 is 0. The predicted octanol–water partition coefficient (Wildman–Crippen LogP) is 0.673. The number of carbonyl (C=O) groups excluding carboxylic acids is 6. The van der Waals surface area contributed by atoms with Crippen LogP contribution in [0, 0.1) is 0 Å². The molecule has 4 amide bonds. The van der Waals surface area contributed by atoms with E-state index in [2.05, 4.69) is 29.8 Å². The summed E-state index contributed by atoms with van der Waals surface area (Å²) in [6, 6.07) is -1.21. The quantitative estimate of drug-likeness (QED) is 0.0294. The summed E-state index contributed by atoms with van der Waals surface area (Å²) in [5, 5.41) is 104. The van der Waals surface area contributed by atoms with Crippen LogP contribution in [0.2, 0.25) is 0 Å². The number of nitrogens with one attached hydrogen (secondary N) is 3. The topological polar surface area (TPSA) is 363 Å². The zero-order valence-corrected chi connectivity index (χ0v) is 43.9. The normalized spacial score (nSPS) is 15.2. The van der Waals surface area contributed by atoms with E-state index in [4.69, 9.17) is 19.7 Å². The van der Waals surface area contributed by atoms with Crippen molar-refractivity contribution in [2.24, 2.45) is 0 Å². The Morgan fingerprint density at radius 2 is 0.849 bits per heavy atom. The van der Waals surface area contributed by atoms with Gasteiger partial charge in [-0.15, -0.1) is 0 Å². The minimum absolute atomic E-state index is 0.0406. The van der Waals surface area contributed by atoms with Crippen molar-refractivity contribution in [2.45, 2.75) is 236 Å². The second-order valence-corrected chi connectivity index (χ2v) is 18.9. The molecule has 0 saturated heterocycles. The molecule has 0 aromatic heterocycles. The first-order valence-corrected chi connectivity index (χ1v) is 27.1. The Morgan fingerprint density at radius 1 is 0.466 bits per heavy atom. The van der Waals surface area contributed by atoms with Crippen molar-refractivity contribution in [3.63, 3.8) is 0 Å². The molecular weight excluding hydrogens is 957 g/mol. The van der Waals surface area contributed by atoms with Gasteiger partial charge >= 0.3 is 11.9 Å². The van der Waals surface area contributed by atoms with Crippen LogP contribution in [-0.2, 0) is 38.2 Å². The average Bonchev–Trinajstić information content (AvgIpc) is 3.39. The number of esters is 2. The first-order valence-electron chi connectivity index (χ1n) is 27.1. The minimum atomic E-state index is -2.20. The molecule has 9 atom stereocenters. The molecule has 73 heavy (non-hydrogen) atoms. The van der Waals surface area contributed by atoms with Gasteiger partial charge < -0.3 is 81.4 Å². The number of rotatable bonds is 48. The first kappa shape index (κ1) is 69.4. The second-order valence-electron chi connectivity index (χ2n) is 18.9. The van der Waals surface area contributed by atoms with Gasteiger partial charge in [-0.3, -0.25) is 24.0 Å². The molecule has 0 saturated carbocycles. The summed E-state index contributed by atoms with van der Waals surface area (Å²) < 4.78 is 11.0. The molecule has 0 bridgehead atoms. The Morgan fingerprint density at radius 3 is 1.25 bits per heavy atom. The lowest BCUT2D eigenvalue weighted by atomic mass is 10.0. The highest BCUT2D eigenvalue weighted by Gasteiger charge is 2.35. The number of aliphatic hydroxyl groups is 10. The van der Waals surface area contributed by atoms with Crippen molar-refractivity contribution in [3.8, 4) is 0 Å². The van der Waals surface area contributed by atoms with Crippen molar-refractivity contribution >= 4 is 35.6 Å². The van der Waals surface area contributed by atoms with Gasteiger partial charge in [0.25, 0.3) is 11.8 Å². The SMILES string of the molecule is CCCCCCCCCCCCOC(=O)CC[C@@H](NC(=O)CCC(=O)N(CCCNC(=O)[C@H](O)[C@@H](O)[C@H](O)[C@H](O)CO)CCCNC(=O)[C@H](O)[C@@H](O)[C@H](O)[C@H](O)CO)C(=O)OCCCCCCCCCCCC. The molecule has 428 valence electrons. The van der Waals surface area contributed by atoms with Crippen LogP contribution in [0.3, 0.4) is 0 Å². The van der Waals surface area contributed by atoms with Crippen molar-refractivity contribution in [1.82, 2.24) is 20.9 Å². The van der Waals surface area contributed by atoms with Crippen LogP contribution < -0.4 is 16.0 Å². The van der Waals surface area contributed by atoms with Crippen LogP contribution >= 0.6 is 0 Å². The Labute approximate surface area is 433 Å². The molecule has 0 aliphatic carbocycles. The van der Waals surface area contributed by atoms with Gasteiger partial charge in [-0.1, -0.05) is 129 Å². The van der Waals surface area contributed by atoms with Gasteiger partial charge in [0.05, 0.1) is 26.4 Å². The summed E-state index contributed by atoms with van der Waals surface area (Å²) in [6.45, 7) is 2.33. The van der Waals surface area contributed by atoms with E-state index >= 15 is 0 Å². The van der Waals surface area contributed by atoms with E-state index in [0.29, 0.717) is 12.8 Å². The fraction of sp³-hybridized carbons (Fsp3) is 0.882. The Balaban J connectivity index is 5.61. The molecule has 0 spiro atoms. The van der Waals surface area contributed by atoms with E-state index in [1.807, 2.05) is 0 Å². The molecule has 0 radical (unpaired) electrons. The number of aliphatic hydroxyl groups excluding tert-OH is 10. The fourth-order valence-electron chi connectivity index (χ4n) is 7.76. The lowest BCUT2D eigenvalue weighted by Crippen LogP contribution is -2.52. The zero-order valence-electron chi connectivity index (χ0n) is 43.9. The fourth-order valence-corrected chi connectivity index (χ4v) is 7.76. The molecule has 0 aliphatic heterocycles. The molecule has 13 N–H and O–H groups in total. The van der Waals surface area contributed by atoms with Crippen molar-refractivity contribution in [1.29, 1.82) is 0 Å². The van der Waals surface area contributed by atoms with E-state index < -0.39 is 110 Å². The summed E-state index contributed by atoms with van der Waals surface area (Å²) in [7, 11) is 0. The maximum absolute atomic E-state index is 13.6. The van der Waals surface area contributed by atoms with Crippen LogP contribution in [-0.4, -0.2) is 199 Å². The minimum Gasteiger partial charge on any atom is -0.466 e. The maximum atomic E-state index is 13.6. The lowest BCUT2D eigenvalue weighted by Gasteiger charge is -2.26. The van der Waals surface area contributed by atoms with Gasteiger partial charge in [0.15, 0.2) is 12.2 Å². The smallest absolute Gasteiger partial charge is 0.328 e. The molecule has 0 fully saturated rings. The average molecular weight is 1050 g/mol. The van der Waals surface area contributed by atoms with Gasteiger partial charge in [-0.25, -0.2) is 4.79 Å². The molecule has 0 aromatic rings. The highest BCUT2D eigenvalue weighted by Crippen LogP contribution is 2.14. The van der Waals surface area contributed by atoms with Gasteiger partial charge in [0.1, 0.15) is 42.7 Å². The summed E-state index contributed by atoms with van der Waals surface area (Å²) in [6.07, 6.45) is 4.63. The van der Waals surface area contributed by atoms with E-state index in [1.165, 1.54) is 75.5 Å². The first-order chi connectivity index (χ1) is 35.0. The van der Waals surface area contributed by atoms with Crippen LogP contribution in [0.4, 0.5) is 0 Å². The van der Waals surface area contributed by atoms with E-state index in [0.717, 1.165) is 44.9 Å². The van der Waals surface area contributed by atoms with Gasteiger partial charge in [-0.2, -0.15) is 0 Å². The van der Waals surface area contributed by atoms with Crippen LogP contribution in [0.15, 0.2) is 0 Å². The molecular formula is C51H96N4O18. The Bertz CT molecular complexity index is 1420. The number of hydrogen-bond donors (Lipinski definition) is 13. The molecule has 0 aliphatic rings. The van der Waals surface area contributed by atoms with E-state index in [9.17, 15) is 69.6 Å². The highest BCUT2D eigenvalue weighted by molar-refractivity contribution is 5.88. The number of carbonyl (C=O) groups is 6. The molecule has 0 unspecified atom stereocenters.